The molecule has 0 spiro atoms. The molecule has 120 valence electrons. The molecule has 0 amide bonds. The molecule has 0 atom stereocenters. The van der Waals surface area contributed by atoms with E-state index < -0.39 is 0 Å². The molecule has 0 aliphatic rings. The lowest BCUT2D eigenvalue weighted by molar-refractivity contribution is 0.160. The van der Waals surface area contributed by atoms with Gasteiger partial charge in [-0.05, 0) is 37.4 Å². The van der Waals surface area contributed by atoms with Crippen LogP contribution < -0.4 is 4.74 Å². The highest BCUT2D eigenvalue weighted by molar-refractivity contribution is 6.31. The van der Waals surface area contributed by atoms with E-state index in [-0.39, 0.29) is 0 Å². The Labute approximate surface area is 142 Å². The van der Waals surface area contributed by atoms with Crippen molar-refractivity contribution >= 4 is 22.5 Å². The standard InChI is InChI=1S/C19H21ClN2O/c1-3-21(2)14-23-19-13-22(12-15-7-5-4-6-8-15)18-11-16(20)9-10-17(18)19/h4-11,13H,3,12,14H2,1-2H3. The molecule has 0 unspecified atom stereocenters. The molecule has 1 heterocycles. The highest BCUT2D eigenvalue weighted by Gasteiger charge is 2.11. The van der Waals surface area contributed by atoms with Crippen molar-refractivity contribution in [2.75, 3.05) is 20.3 Å². The van der Waals surface area contributed by atoms with E-state index >= 15 is 0 Å². The number of hydrogen-bond donors (Lipinski definition) is 0. The fourth-order valence-electron chi connectivity index (χ4n) is 2.53. The summed E-state index contributed by atoms with van der Waals surface area (Å²) in [6.07, 6.45) is 2.07. The third kappa shape index (κ3) is 3.69. The highest BCUT2D eigenvalue weighted by atomic mass is 35.5. The van der Waals surface area contributed by atoms with Crippen molar-refractivity contribution in [1.29, 1.82) is 0 Å². The van der Waals surface area contributed by atoms with E-state index in [1.807, 2.05) is 31.3 Å². The molecule has 0 saturated carbocycles. The molecule has 2 aromatic carbocycles. The fourth-order valence-corrected chi connectivity index (χ4v) is 2.69. The zero-order chi connectivity index (χ0) is 16.2. The van der Waals surface area contributed by atoms with Gasteiger partial charge < -0.3 is 9.30 Å². The van der Waals surface area contributed by atoms with Crippen LogP contribution in [0.4, 0.5) is 0 Å². The second-order valence-corrected chi connectivity index (χ2v) is 6.15. The van der Waals surface area contributed by atoms with E-state index in [2.05, 4.69) is 46.9 Å². The summed E-state index contributed by atoms with van der Waals surface area (Å²) >= 11 is 6.19. The molecular weight excluding hydrogens is 308 g/mol. The van der Waals surface area contributed by atoms with Crippen molar-refractivity contribution in [3.8, 4) is 5.75 Å². The van der Waals surface area contributed by atoms with Crippen LogP contribution >= 0.6 is 11.6 Å². The van der Waals surface area contributed by atoms with Crippen LogP contribution in [0.1, 0.15) is 12.5 Å². The first-order valence-corrected chi connectivity index (χ1v) is 8.19. The van der Waals surface area contributed by atoms with E-state index in [9.17, 15) is 0 Å². The Kier molecular flexibility index (Phi) is 4.89. The van der Waals surface area contributed by atoms with Crippen LogP contribution in [0.3, 0.4) is 0 Å². The first kappa shape index (κ1) is 15.9. The van der Waals surface area contributed by atoms with Gasteiger partial charge >= 0.3 is 0 Å². The summed E-state index contributed by atoms with van der Waals surface area (Å²) < 4.78 is 8.18. The molecule has 3 nitrogen and oxygen atoms in total. The van der Waals surface area contributed by atoms with Crippen molar-refractivity contribution in [2.24, 2.45) is 0 Å². The summed E-state index contributed by atoms with van der Waals surface area (Å²) in [6.45, 7) is 4.44. The van der Waals surface area contributed by atoms with E-state index in [1.165, 1.54) is 5.56 Å². The van der Waals surface area contributed by atoms with Crippen LogP contribution in [0.5, 0.6) is 5.75 Å². The summed E-state index contributed by atoms with van der Waals surface area (Å²) in [5.74, 6) is 0.896. The average Bonchev–Trinajstić information content (AvgIpc) is 2.90. The van der Waals surface area contributed by atoms with Crippen LogP contribution in [-0.4, -0.2) is 29.8 Å². The van der Waals surface area contributed by atoms with Gasteiger partial charge in [-0.25, -0.2) is 0 Å². The Morgan fingerprint density at radius 3 is 2.65 bits per heavy atom. The number of rotatable bonds is 6. The molecule has 0 saturated heterocycles. The number of nitrogens with zero attached hydrogens (tertiary/aromatic N) is 2. The number of hydrogen-bond acceptors (Lipinski definition) is 2. The fraction of sp³-hybridized carbons (Fsp3) is 0.263. The number of ether oxygens (including phenoxy) is 1. The highest BCUT2D eigenvalue weighted by Crippen LogP contribution is 2.31. The quantitative estimate of drug-likeness (QED) is 0.614. The predicted molar refractivity (Wildman–Crippen MR) is 96.3 cm³/mol. The van der Waals surface area contributed by atoms with Gasteiger partial charge in [0.05, 0.1) is 5.52 Å². The largest absolute Gasteiger partial charge is 0.476 e. The Hall–Kier alpha value is -1.97. The number of halogens is 1. The van der Waals surface area contributed by atoms with Crippen molar-refractivity contribution in [1.82, 2.24) is 9.47 Å². The summed E-state index contributed by atoms with van der Waals surface area (Å²) in [4.78, 5) is 2.12. The Morgan fingerprint density at radius 1 is 1.13 bits per heavy atom. The molecule has 3 aromatic rings. The van der Waals surface area contributed by atoms with Gasteiger partial charge in [-0.3, -0.25) is 4.90 Å². The molecule has 1 aromatic heterocycles. The molecule has 0 N–H and O–H groups in total. The third-order valence-corrected chi connectivity index (χ3v) is 4.22. The smallest absolute Gasteiger partial charge is 0.146 e. The lowest BCUT2D eigenvalue weighted by Crippen LogP contribution is -2.22. The van der Waals surface area contributed by atoms with Crippen LogP contribution in [0.2, 0.25) is 5.02 Å². The van der Waals surface area contributed by atoms with E-state index in [0.29, 0.717) is 6.73 Å². The summed E-state index contributed by atoms with van der Waals surface area (Å²) in [7, 11) is 2.04. The summed E-state index contributed by atoms with van der Waals surface area (Å²) in [5.41, 5.74) is 2.34. The number of fused-ring (bicyclic) bond motifs is 1. The summed E-state index contributed by atoms with van der Waals surface area (Å²) in [5, 5.41) is 1.83. The molecular formula is C19H21ClN2O. The Morgan fingerprint density at radius 2 is 1.91 bits per heavy atom. The zero-order valence-corrected chi connectivity index (χ0v) is 14.3. The third-order valence-electron chi connectivity index (χ3n) is 3.98. The number of aromatic nitrogens is 1. The van der Waals surface area contributed by atoms with E-state index in [1.54, 1.807) is 0 Å². The minimum Gasteiger partial charge on any atom is -0.476 e. The Balaban J connectivity index is 1.95. The van der Waals surface area contributed by atoms with Crippen LogP contribution in [0, 0.1) is 0 Å². The first-order chi connectivity index (χ1) is 11.2. The lowest BCUT2D eigenvalue weighted by atomic mass is 10.2. The SMILES string of the molecule is CCN(C)COc1cn(Cc2ccccc2)c2cc(Cl)ccc12. The molecule has 3 rings (SSSR count). The average molecular weight is 329 g/mol. The van der Waals surface area contributed by atoms with Gasteiger partial charge in [0, 0.05) is 23.2 Å². The maximum Gasteiger partial charge on any atom is 0.146 e. The molecule has 0 aliphatic carbocycles. The molecule has 0 bridgehead atoms. The van der Waals surface area contributed by atoms with Gasteiger partial charge in [0.15, 0.2) is 0 Å². The van der Waals surface area contributed by atoms with Gasteiger partial charge in [0.25, 0.3) is 0 Å². The monoisotopic (exact) mass is 328 g/mol. The van der Waals surface area contributed by atoms with Crippen molar-refractivity contribution in [2.45, 2.75) is 13.5 Å². The molecule has 0 radical (unpaired) electrons. The number of benzene rings is 2. The molecule has 0 aliphatic heterocycles. The minimum atomic E-state index is 0.573. The predicted octanol–water partition coefficient (Wildman–Crippen LogP) is 4.63. The second kappa shape index (κ2) is 7.07. The topological polar surface area (TPSA) is 17.4 Å². The van der Waals surface area contributed by atoms with E-state index in [4.69, 9.17) is 16.3 Å². The molecule has 4 heteroatoms. The van der Waals surface area contributed by atoms with Gasteiger partial charge in [-0.2, -0.15) is 0 Å². The van der Waals surface area contributed by atoms with Crippen LogP contribution in [0.25, 0.3) is 10.9 Å². The molecule has 0 fully saturated rings. The summed E-state index contributed by atoms with van der Waals surface area (Å²) in [6, 6.07) is 16.3. The lowest BCUT2D eigenvalue weighted by Gasteiger charge is -2.14. The normalized spacial score (nSPS) is 11.3. The zero-order valence-electron chi connectivity index (χ0n) is 13.5. The van der Waals surface area contributed by atoms with Crippen LogP contribution in [-0.2, 0) is 6.54 Å². The van der Waals surface area contributed by atoms with Gasteiger partial charge in [-0.15, -0.1) is 0 Å². The van der Waals surface area contributed by atoms with Crippen molar-refractivity contribution < 1.29 is 4.74 Å². The van der Waals surface area contributed by atoms with E-state index in [0.717, 1.165) is 34.8 Å². The first-order valence-electron chi connectivity index (χ1n) is 7.81. The van der Waals surface area contributed by atoms with Gasteiger partial charge in [-0.1, -0.05) is 48.9 Å². The molecule has 23 heavy (non-hydrogen) atoms. The maximum absolute atomic E-state index is 6.19. The van der Waals surface area contributed by atoms with Crippen LogP contribution in [0.15, 0.2) is 54.7 Å². The van der Waals surface area contributed by atoms with Crippen molar-refractivity contribution in [3.05, 3.63) is 65.3 Å². The maximum atomic E-state index is 6.19. The van der Waals surface area contributed by atoms with Crippen molar-refractivity contribution in [3.63, 3.8) is 0 Å². The Bertz CT molecular complexity index is 783. The minimum absolute atomic E-state index is 0.573. The van der Waals surface area contributed by atoms with Gasteiger partial charge in [0.1, 0.15) is 12.5 Å². The van der Waals surface area contributed by atoms with Gasteiger partial charge in [0.2, 0.25) is 0 Å². The second-order valence-electron chi connectivity index (χ2n) is 5.71.